The minimum absolute atomic E-state index is 0.00737. The third-order valence-corrected chi connectivity index (χ3v) is 5.86. The van der Waals surface area contributed by atoms with Gasteiger partial charge in [0.15, 0.2) is 10.3 Å². The van der Waals surface area contributed by atoms with Gasteiger partial charge in [0.1, 0.15) is 0 Å². The summed E-state index contributed by atoms with van der Waals surface area (Å²) in [4.78, 5) is 23.3. The number of rotatable bonds is 3. The van der Waals surface area contributed by atoms with Crippen LogP contribution in [0, 0.1) is 19.8 Å². The van der Waals surface area contributed by atoms with Crippen LogP contribution in [0.5, 0.6) is 0 Å². The Hall–Kier alpha value is -1.99. The van der Waals surface area contributed by atoms with Gasteiger partial charge in [-0.05, 0) is 31.5 Å². The molecule has 0 unspecified atom stereocenters. The van der Waals surface area contributed by atoms with Crippen LogP contribution in [-0.2, 0) is 4.79 Å². The van der Waals surface area contributed by atoms with E-state index in [1.807, 2.05) is 12.3 Å². The van der Waals surface area contributed by atoms with Crippen LogP contribution >= 0.6 is 22.7 Å². The molecule has 0 saturated carbocycles. The van der Waals surface area contributed by atoms with E-state index in [0.717, 1.165) is 29.4 Å². The minimum Gasteiger partial charge on any atom is -0.346 e. The van der Waals surface area contributed by atoms with Gasteiger partial charge in [0.2, 0.25) is 5.91 Å². The molecule has 3 aromatic rings. The van der Waals surface area contributed by atoms with Crippen molar-refractivity contribution in [3.05, 3.63) is 34.8 Å². The smallest absolute Gasteiger partial charge is 0.232 e. The van der Waals surface area contributed by atoms with Crippen LogP contribution in [0.2, 0.25) is 0 Å². The lowest BCUT2D eigenvalue weighted by Gasteiger charge is -2.37. The molecule has 0 radical (unpaired) electrons. The average Bonchev–Trinajstić information content (AvgIpc) is 3.03. The predicted molar refractivity (Wildman–Crippen MR) is 95.5 cm³/mol. The van der Waals surface area contributed by atoms with Crippen molar-refractivity contribution < 1.29 is 4.79 Å². The summed E-state index contributed by atoms with van der Waals surface area (Å²) in [6.07, 6.45) is 0. The maximum Gasteiger partial charge on any atom is 0.232 e. The number of hydrogen-bond acceptors (Lipinski definition) is 6. The molecule has 0 atom stereocenters. The number of nitrogens with zero attached hydrogens (tertiary/aromatic N) is 3. The Morgan fingerprint density at radius 3 is 2.87 bits per heavy atom. The molecule has 2 aromatic heterocycles. The van der Waals surface area contributed by atoms with E-state index in [1.165, 1.54) is 21.6 Å². The number of aromatic nitrogens is 2. The molecular formula is C16H16N4OS2. The number of carbonyl (C=O) groups is 1. The number of thiazole rings is 2. The second kappa shape index (κ2) is 5.58. The molecular weight excluding hydrogens is 328 g/mol. The molecule has 3 heterocycles. The first-order valence-corrected chi connectivity index (χ1v) is 9.13. The fourth-order valence-corrected chi connectivity index (χ4v) is 4.35. The Morgan fingerprint density at radius 1 is 1.30 bits per heavy atom. The predicted octanol–water partition coefficient (Wildman–Crippen LogP) is 3.44. The van der Waals surface area contributed by atoms with Crippen molar-refractivity contribution in [2.24, 2.45) is 5.92 Å². The van der Waals surface area contributed by atoms with E-state index in [4.69, 9.17) is 0 Å². The highest BCUT2D eigenvalue weighted by atomic mass is 32.1. The summed E-state index contributed by atoms with van der Waals surface area (Å²) in [5.41, 5.74) is 3.21. The van der Waals surface area contributed by atoms with Crippen molar-refractivity contribution in [1.82, 2.24) is 9.97 Å². The van der Waals surface area contributed by atoms with Gasteiger partial charge in [-0.15, -0.1) is 11.3 Å². The zero-order chi connectivity index (χ0) is 16.0. The summed E-state index contributed by atoms with van der Waals surface area (Å²) in [5.74, 6) is 0.0560. The van der Waals surface area contributed by atoms with Crippen LogP contribution in [0.15, 0.2) is 23.6 Å². The van der Waals surface area contributed by atoms with Gasteiger partial charge < -0.3 is 10.2 Å². The van der Waals surface area contributed by atoms with Crippen LogP contribution in [0.3, 0.4) is 0 Å². The molecule has 1 amide bonds. The molecule has 118 valence electrons. The zero-order valence-corrected chi connectivity index (χ0v) is 14.5. The summed E-state index contributed by atoms with van der Waals surface area (Å²) >= 11 is 3.15. The highest BCUT2D eigenvalue weighted by molar-refractivity contribution is 7.22. The van der Waals surface area contributed by atoms with Crippen LogP contribution in [0.25, 0.3) is 10.2 Å². The van der Waals surface area contributed by atoms with Crippen molar-refractivity contribution in [1.29, 1.82) is 0 Å². The quantitative estimate of drug-likeness (QED) is 0.791. The second-order valence-electron chi connectivity index (χ2n) is 5.85. The zero-order valence-electron chi connectivity index (χ0n) is 12.9. The molecule has 4 rings (SSSR count). The molecule has 1 aliphatic heterocycles. The number of hydrogen-bond donors (Lipinski definition) is 1. The van der Waals surface area contributed by atoms with Crippen molar-refractivity contribution in [3.8, 4) is 0 Å². The van der Waals surface area contributed by atoms with Gasteiger partial charge >= 0.3 is 0 Å². The van der Waals surface area contributed by atoms with E-state index in [2.05, 4.69) is 45.3 Å². The molecule has 1 aromatic carbocycles. The van der Waals surface area contributed by atoms with Crippen molar-refractivity contribution in [2.45, 2.75) is 13.8 Å². The summed E-state index contributed by atoms with van der Waals surface area (Å²) in [6, 6.07) is 6.29. The highest BCUT2D eigenvalue weighted by Gasteiger charge is 2.34. The number of amides is 1. The van der Waals surface area contributed by atoms with Crippen LogP contribution in [0.4, 0.5) is 10.3 Å². The van der Waals surface area contributed by atoms with E-state index >= 15 is 0 Å². The maximum atomic E-state index is 12.2. The maximum absolute atomic E-state index is 12.2. The molecule has 23 heavy (non-hydrogen) atoms. The Bertz CT molecular complexity index is 879. The van der Waals surface area contributed by atoms with Gasteiger partial charge in [0.05, 0.1) is 21.8 Å². The van der Waals surface area contributed by atoms with Crippen LogP contribution in [-0.4, -0.2) is 29.0 Å². The lowest BCUT2D eigenvalue weighted by molar-refractivity contribution is -0.120. The first kappa shape index (κ1) is 14.6. The van der Waals surface area contributed by atoms with Crippen LogP contribution in [0.1, 0.15) is 11.3 Å². The topological polar surface area (TPSA) is 58.1 Å². The number of anilines is 2. The van der Waals surface area contributed by atoms with Crippen molar-refractivity contribution in [2.75, 3.05) is 23.3 Å². The fourth-order valence-electron chi connectivity index (χ4n) is 2.57. The number of fused-ring (bicyclic) bond motifs is 1. The van der Waals surface area contributed by atoms with E-state index in [1.54, 1.807) is 11.3 Å². The first-order valence-electron chi connectivity index (χ1n) is 7.43. The molecule has 0 aliphatic carbocycles. The van der Waals surface area contributed by atoms with Crippen molar-refractivity contribution >= 4 is 49.1 Å². The Balaban J connectivity index is 1.41. The fraction of sp³-hybridized carbons (Fsp3) is 0.312. The lowest BCUT2D eigenvalue weighted by atomic mass is 10.0. The Morgan fingerprint density at radius 2 is 2.13 bits per heavy atom. The van der Waals surface area contributed by atoms with E-state index in [0.29, 0.717) is 5.13 Å². The Labute approximate surface area is 142 Å². The van der Waals surface area contributed by atoms with Gasteiger partial charge in [-0.25, -0.2) is 9.97 Å². The highest BCUT2D eigenvalue weighted by Crippen LogP contribution is 2.33. The number of nitrogens with one attached hydrogen (secondary N) is 1. The second-order valence-corrected chi connectivity index (χ2v) is 7.72. The third-order valence-electron chi connectivity index (χ3n) is 3.90. The van der Waals surface area contributed by atoms with E-state index < -0.39 is 0 Å². The van der Waals surface area contributed by atoms with Crippen molar-refractivity contribution in [3.63, 3.8) is 0 Å². The molecule has 1 saturated heterocycles. The van der Waals surface area contributed by atoms with Gasteiger partial charge in [-0.1, -0.05) is 17.4 Å². The molecule has 0 spiro atoms. The largest absolute Gasteiger partial charge is 0.346 e. The summed E-state index contributed by atoms with van der Waals surface area (Å²) in [6.45, 7) is 5.44. The molecule has 5 nitrogen and oxygen atoms in total. The van der Waals surface area contributed by atoms with Gasteiger partial charge in [-0.3, -0.25) is 4.79 Å². The summed E-state index contributed by atoms with van der Waals surface area (Å²) in [5, 5.41) is 6.51. The molecule has 7 heteroatoms. The van der Waals surface area contributed by atoms with Gasteiger partial charge in [-0.2, -0.15) is 0 Å². The molecule has 1 N–H and O–H groups in total. The monoisotopic (exact) mass is 344 g/mol. The number of benzene rings is 1. The summed E-state index contributed by atoms with van der Waals surface area (Å²) < 4.78 is 1.20. The van der Waals surface area contributed by atoms with Gasteiger partial charge in [0, 0.05) is 18.5 Å². The van der Waals surface area contributed by atoms with Crippen LogP contribution < -0.4 is 10.2 Å². The lowest BCUT2D eigenvalue weighted by Crippen LogP contribution is -2.52. The standard InChI is InChI=1S/C16H16N4OS2/c1-9-3-4-12-13(5-9)23-16(18-12)20-6-11(7-20)14(21)19-15-17-10(2)8-22-15/h3-5,8,11H,6-7H2,1-2H3,(H,17,19,21). The Kier molecular flexibility index (Phi) is 3.54. The normalized spacial score (nSPS) is 15.0. The van der Waals surface area contributed by atoms with E-state index in [9.17, 15) is 4.79 Å². The SMILES string of the molecule is Cc1ccc2nc(N3CC(C(=O)Nc4nc(C)cs4)C3)sc2c1. The average molecular weight is 344 g/mol. The number of aryl methyl sites for hydroxylation is 2. The van der Waals surface area contributed by atoms with Gasteiger partial charge in [0.25, 0.3) is 0 Å². The first-order chi connectivity index (χ1) is 11.1. The minimum atomic E-state index is 0.00737. The summed E-state index contributed by atoms with van der Waals surface area (Å²) in [7, 11) is 0. The third kappa shape index (κ3) is 2.82. The molecule has 1 aliphatic rings. The molecule has 1 fully saturated rings. The molecule has 0 bridgehead atoms. The van der Waals surface area contributed by atoms with E-state index in [-0.39, 0.29) is 11.8 Å². The number of carbonyl (C=O) groups excluding carboxylic acids is 1.